The SMILES string of the molecule is CC(C)(C)NCc1nc(COc2ccccc2F)cs1. The quantitative estimate of drug-likeness (QED) is 0.912. The van der Waals surface area contributed by atoms with Crippen molar-refractivity contribution < 1.29 is 9.13 Å². The second-order valence-corrected chi connectivity index (χ2v) is 6.50. The first-order valence-electron chi connectivity index (χ1n) is 6.50. The number of benzene rings is 1. The molecule has 3 nitrogen and oxygen atoms in total. The maximum Gasteiger partial charge on any atom is 0.165 e. The summed E-state index contributed by atoms with van der Waals surface area (Å²) in [5.74, 6) is -0.0905. The summed E-state index contributed by atoms with van der Waals surface area (Å²) in [6, 6.07) is 6.39. The molecule has 108 valence electrons. The molecule has 0 fully saturated rings. The molecule has 0 aliphatic heterocycles. The lowest BCUT2D eigenvalue weighted by molar-refractivity contribution is 0.286. The van der Waals surface area contributed by atoms with Gasteiger partial charge in [-0.3, -0.25) is 0 Å². The fourth-order valence-corrected chi connectivity index (χ4v) is 2.27. The van der Waals surface area contributed by atoms with Crippen molar-refractivity contribution in [1.29, 1.82) is 0 Å². The number of aromatic nitrogens is 1. The zero-order chi connectivity index (χ0) is 14.6. The number of hydrogen-bond donors (Lipinski definition) is 1. The van der Waals surface area contributed by atoms with E-state index in [1.165, 1.54) is 6.07 Å². The second-order valence-electron chi connectivity index (χ2n) is 5.56. The molecule has 1 N–H and O–H groups in total. The van der Waals surface area contributed by atoms with Crippen molar-refractivity contribution in [3.05, 3.63) is 46.2 Å². The highest BCUT2D eigenvalue weighted by Gasteiger charge is 2.10. The number of para-hydroxylation sites is 1. The van der Waals surface area contributed by atoms with E-state index in [0.29, 0.717) is 0 Å². The minimum atomic E-state index is -0.350. The van der Waals surface area contributed by atoms with E-state index in [1.54, 1.807) is 29.5 Å². The van der Waals surface area contributed by atoms with Crippen LogP contribution >= 0.6 is 11.3 Å². The molecule has 0 saturated carbocycles. The van der Waals surface area contributed by atoms with Crippen molar-refractivity contribution in [3.63, 3.8) is 0 Å². The van der Waals surface area contributed by atoms with Crippen molar-refractivity contribution in [3.8, 4) is 5.75 Å². The molecule has 5 heteroatoms. The third-order valence-corrected chi connectivity index (χ3v) is 3.48. The summed E-state index contributed by atoms with van der Waals surface area (Å²) < 4.78 is 18.8. The molecule has 0 spiro atoms. The van der Waals surface area contributed by atoms with Crippen molar-refractivity contribution in [2.75, 3.05) is 0 Å². The van der Waals surface area contributed by atoms with E-state index in [1.807, 2.05) is 5.38 Å². The van der Waals surface area contributed by atoms with Gasteiger partial charge in [-0.15, -0.1) is 11.3 Å². The van der Waals surface area contributed by atoms with E-state index in [0.717, 1.165) is 17.2 Å². The maximum absolute atomic E-state index is 13.4. The zero-order valence-corrected chi connectivity index (χ0v) is 12.8. The van der Waals surface area contributed by atoms with Gasteiger partial charge in [0, 0.05) is 17.5 Å². The Labute approximate surface area is 122 Å². The Balaban J connectivity index is 1.89. The second kappa shape index (κ2) is 6.33. The lowest BCUT2D eigenvalue weighted by atomic mass is 10.1. The highest BCUT2D eigenvalue weighted by Crippen LogP contribution is 2.18. The van der Waals surface area contributed by atoms with Crippen molar-refractivity contribution in [2.45, 2.75) is 39.5 Å². The van der Waals surface area contributed by atoms with Crippen LogP contribution in [0.4, 0.5) is 4.39 Å². The Bertz CT molecular complexity index is 563. The third kappa shape index (κ3) is 4.58. The molecule has 1 aromatic carbocycles. The van der Waals surface area contributed by atoms with Crippen LogP contribution in [0.3, 0.4) is 0 Å². The van der Waals surface area contributed by atoms with Crippen LogP contribution in [0.5, 0.6) is 5.75 Å². The van der Waals surface area contributed by atoms with Gasteiger partial charge in [0.1, 0.15) is 11.6 Å². The minimum Gasteiger partial charge on any atom is -0.484 e. The number of ether oxygens (including phenoxy) is 1. The number of nitrogens with one attached hydrogen (secondary N) is 1. The molecule has 0 radical (unpaired) electrons. The van der Waals surface area contributed by atoms with Crippen molar-refractivity contribution in [2.24, 2.45) is 0 Å². The molecule has 0 bridgehead atoms. The Morgan fingerprint density at radius 2 is 2.05 bits per heavy atom. The van der Waals surface area contributed by atoms with E-state index < -0.39 is 0 Å². The molecule has 0 aliphatic rings. The minimum absolute atomic E-state index is 0.0650. The predicted molar refractivity (Wildman–Crippen MR) is 79.4 cm³/mol. The van der Waals surface area contributed by atoms with Gasteiger partial charge in [-0.05, 0) is 32.9 Å². The summed E-state index contributed by atoms with van der Waals surface area (Å²) >= 11 is 1.58. The topological polar surface area (TPSA) is 34.2 Å². The predicted octanol–water partition coefficient (Wildman–Crippen LogP) is 3.75. The molecule has 0 aliphatic carbocycles. The highest BCUT2D eigenvalue weighted by molar-refractivity contribution is 7.09. The van der Waals surface area contributed by atoms with Gasteiger partial charge in [-0.1, -0.05) is 12.1 Å². The van der Waals surface area contributed by atoms with E-state index in [2.05, 4.69) is 31.1 Å². The van der Waals surface area contributed by atoms with E-state index in [9.17, 15) is 4.39 Å². The molecular formula is C15H19FN2OS. The molecule has 0 unspecified atom stereocenters. The summed E-state index contributed by atoms with van der Waals surface area (Å²) in [5.41, 5.74) is 0.888. The van der Waals surface area contributed by atoms with Gasteiger partial charge in [-0.25, -0.2) is 9.37 Å². The van der Waals surface area contributed by atoms with Crippen LogP contribution in [0.1, 0.15) is 31.5 Å². The first-order chi connectivity index (χ1) is 9.44. The summed E-state index contributed by atoms with van der Waals surface area (Å²) in [7, 11) is 0. The molecular weight excluding hydrogens is 275 g/mol. The van der Waals surface area contributed by atoms with E-state index in [-0.39, 0.29) is 23.7 Å². The summed E-state index contributed by atoms with van der Waals surface area (Å²) in [6.07, 6.45) is 0. The largest absolute Gasteiger partial charge is 0.484 e. The van der Waals surface area contributed by atoms with E-state index in [4.69, 9.17) is 4.74 Å². The van der Waals surface area contributed by atoms with E-state index >= 15 is 0 Å². The van der Waals surface area contributed by atoms with Crippen LogP contribution in [0.2, 0.25) is 0 Å². The van der Waals surface area contributed by atoms with Gasteiger partial charge in [0.05, 0.1) is 5.69 Å². The molecule has 0 atom stereocenters. The summed E-state index contributed by atoms with van der Waals surface area (Å²) in [5, 5.41) is 6.33. The number of rotatable bonds is 5. The normalized spacial score (nSPS) is 11.6. The highest BCUT2D eigenvalue weighted by atomic mass is 32.1. The molecule has 1 heterocycles. The van der Waals surface area contributed by atoms with Gasteiger partial charge in [0.2, 0.25) is 0 Å². The van der Waals surface area contributed by atoms with Gasteiger partial charge in [0.25, 0.3) is 0 Å². The molecule has 0 amide bonds. The summed E-state index contributed by atoms with van der Waals surface area (Å²) in [4.78, 5) is 4.47. The number of hydrogen-bond acceptors (Lipinski definition) is 4. The lowest BCUT2D eigenvalue weighted by Gasteiger charge is -2.19. The zero-order valence-electron chi connectivity index (χ0n) is 11.9. The smallest absolute Gasteiger partial charge is 0.165 e. The standard InChI is InChI=1S/C15H19FN2OS/c1-15(2,3)17-8-14-18-11(10-20-14)9-19-13-7-5-4-6-12(13)16/h4-7,10,17H,8-9H2,1-3H3. The van der Waals surface area contributed by atoms with Crippen molar-refractivity contribution >= 4 is 11.3 Å². The molecule has 20 heavy (non-hydrogen) atoms. The summed E-state index contributed by atoms with van der Waals surface area (Å²) in [6.45, 7) is 7.36. The van der Waals surface area contributed by atoms with Gasteiger partial charge in [0.15, 0.2) is 11.6 Å². The fourth-order valence-electron chi connectivity index (χ4n) is 1.55. The first kappa shape index (κ1) is 14.9. The van der Waals surface area contributed by atoms with Crippen molar-refractivity contribution in [1.82, 2.24) is 10.3 Å². The molecule has 2 rings (SSSR count). The number of nitrogens with zero attached hydrogens (tertiary/aromatic N) is 1. The average Bonchev–Trinajstić information content (AvgIpc) is 2.83. The Kier molecular flexibility index (Phi) is 4.73. The van der Waals surface area contributed by atoms with Gasteiger partial charge in [-0.2, -0.15) is 0 Å². The van der Waals surface area contributed by atoms with Crippen LogP contribution in [0, 0.1) is 5.82 Å². The van der Waals surface area contributed by atoms with Crippen LogP contribution in [-0.4, -0.2) is 10.5 Å². The van der Waals surface area contributed by atoms with Gasteiger partial charge >= 0.3 is 0 Å². The number of thiazole rings is 1. The van der Waals surface area contributed by atoms with Crippen LogP contribution < -0.4 is 10.1 Å². The molecule has 1 aromatic heterocycles. The first-order valence-corrected chi connectivity index (χ1v) is 7.38. The van der Waals surface area contributed by atoms with Gasteiger partial charge < -0.3 is 10.1 Å². The van der Waals surface area contributed by atoms with Crippen LogP contribution in [0.25, 0.3) is 0 Å². The lowest BCUT2D eigenvalue weighted by Crippen LogP contribution is -2.35. The molecule has 0 saturated heterocycles. The maximum atomic E-state index is 13.4. The monoisotopic (exact) mass is 294 g/mol. The third-order valence-electron chi connectivity index (χ3n) is 2.58. The Morgan fingerprint density at radius 1 is 1.30 bits per heavy atom. The fraction of sp³-hybridized carbons (Fsp3) is 0.400. The van der Waals surface area contributed by atoms with Crippen LogP contribution in [0.15, 0.2) is 29.6 Å². The Morgan fingerprint density at radius 3 is 2.75 bits per heavy atom. The molecule has 2 aromatic rings. The van der Waals surface area contributed by atoms with Crippen LogP contribution in [-0.2, 0) is 13.2 Å². The average molecular weight is 294 g/mol. The Hall–Kier alpha value is -1.46. The number of halogens is 1.